The van der Waals surface area contributed by atoms with E-state index in [0.717, 1.165) is 0 Å². The van der Waals surface area contributed by atoms with Gasteiger partial charge in [0.1, 0.15) is 18.0 Å². The molecule has 5 rings (SSSR count). The molecule has 1 saturated heterocycles. The number of H-pyrrole nitrogens is 1. The van der Waals surface area contributed by atoms with E-state index in [4.69, 9.17) is 24.0 Å². The molecule has 0 saturated carbocycles. The van der Waals surface area contributed by atoms with Crippen LogP contribution in [0.25, 0.3) is 0 Å². The number of methoxy groups -OCH3 is 2. The third kappa shape index (κ3) is 4.66. The van der Waals surface area contributed by atoms with Crippen LogP contribution in [0.2, 0.25) is 0 Å². The van der Waals surface area contributed by atoms with Crippen molar-refractivity contribution in [2.24, 2.45) is 0 Å². The third-order valence-corrected chi connectivity index (χ3v) is 8.89. The minimum absolute atomic E-state index is 0.177. The Hall–Kier alpha value is -4.10. The molecule has 238 valence electrons. The second-order valence-electron chi connectivity index (χ2n) is 11.0. The van der Waals surface area contributed by atoms with E-state index in [-0.39, 0.29) is 5.56 Å². The van der Waals surface area contributed by atoms with Gasteiger partial charge in [-0.05, 0) is 42.7 Å². The predicted molar refractivity (Wildman–Crippen MR) is 165 cm³/mol. The summed E-state index contributed by atoms with van der Waals surface area (Å²) < 4.78 is 19.8. The minimum atomic E-state index is -2.20. The molecule has 11 heteroatoms. The number of benzene rings is 3. The SMILES string of the molecule is COO[C@]1(C(C)OC)[C@H](O)[C@@H](CO)O[C@]1(n1cc(C)c(=O)[nH]c1=O)C(c1ccccc1)(c1ccccc1)c1cccc(OC)c1. The second-order valence-corrected chi connectivity index (χ2v) is 11.0. The molecule has 3 N–H and O–H groups in total. The number of aromatic amines is 1. The van der Waals surface area contributed by atoms with Crippen LogP contribution in [0, 0.1) is 6.92 Å². The highest BCUT2D eigenvalue weighted by Crippen LogP contribution is 2.63. The lowest BCUT2D eigenvalue weighted by molar-refractivity contribution is -0.418. The number of aliphatic hydroxyl groups is 2. The Bertz CT molecular complexity index is 1690. The van der Waals surface area contributed by atoms with Crippen LogP contribution in [-0.2, 0) is 30.4 Å². The second kappa shape index (κ2) is 12.7. The van der Waals surface area contributed by atoms with Gasteiger partial charge >= 0.3 is 5.69 Å². The highest BCUT2D eigenvalue weighted by Gasteiger charge is 2.80. The van der Waals surface area contributed by atoms with Crippen molar-refractivity contribution >= 4 is 0 Å². The molecule has 1 unspecified atom stereocenters. The van der Waals surface area contributed by atoms with E-state index in [9.17, 15) is 19.8 Å². The maximum atomic E-state index is 14.3. The number of hydrogen-bond donors (Lipinski definition) is 3. The van der Waals surface area contributed by atoms with Gasteiger partial charge in [-0.3, -0.25) is 14.3 Å². The van der Waals surface area contributed by atoms with E-state index in [1.807, 2.05) is 72.8 Å². The highest BCUT2D eigenvalue weighted by molar-refractivity contribution is 5.57. The Morgan fingerprint density at radius 3 is 2.09 bits per heavy atom. The third-order valence-electron chi connectivity index (χ3n) is 8.89. The van der Waals surface area contributed by atoms with Crippen molar-refractivity contribution in [3.8, 4) is 5.75 Å². The number of aromatic nitrogens is 2. The smallest absolute Gasteiger partial charge is 0.330 e. The van der Waals surface area contributed by atoms with Crippen molar-refractivity contribution in [2.45, 2.75) is 48.9 Å². The molecule has 45 heavy (non-hydrogen) atoms. The van der Waals surface area contributed by atoms with E-state index >= 15 is 0 Å². The van der Waals surface area contributed by atoms with Gasteiger partial charge in [0, 0.05) is 18.9 Å². The molecule has 1 fully saturated rings. The zero-order chi connectivity index (χ0) is 32.4. The average molecular weight is 619 g/mol. The van der Waals surface area contributed by atoms with Gasteiger partial charge in [-0.2, -0.15) is 0 Å². The van der Waals surface area contributed by atoms with Crippen molar-refractivity contribution < 1.29 is 34.2 Å². The van der Waals surface area contributed by atoms with Gasteiger partial charge in [0.15, 0.2) is 0 Å². The minimum Gasteiger partial charge on any atom is -0.497 e. The first-order valence-corrected chi connectivity index (χ1v) is 14.5. The Kier molecular flexibility index (Phi) is 9.13. The summed E-state index contributed by atoms with van der Waals surface area (Å²) in [6, 6.07) is 25.8. The fourth-order valence-corrected chi connectivity index (χ4v) is 6.92. The molecule has 0 aliphatic carbocycles. The average Bonchev–Trinajstić information content (AvgIpc) is 3.32. The molecule has 0 spiro atoms. The summed E-state index contributed by atoms with van der Waals surface area (Å²) in [4.78, 5) is 41.1. The Balaban J connectivity index is 2.18. The Morgan fingerprint density at radius 1 is 0.956 bits per heavy atom. The van der Waals surface area contributed by atoms with Crippen molar-refractivity contribution in [3.63, 3.8) is 0 Å². The molecule has 0 radical (unpaired) electrons. The first kappa shape index (κ1) is 32.3. The van der Waals surface area contributed by atoms with Gasteiger partial charge in [0.05, 0.1) is 32.3 Å². The molecule has 1 aliphatic rings. The summed E-state index contributed by atoms with van der Waals surface area (Å²) in [7, 11) is 4.24. The number of rotatable bonds is 11. The van der Waals surface area contributed by atoms with Crippen molar-refractivity contribution in [1.29, 1.82) is 0 Å². The van der Waals surface area contributed by atoms with Gasteiger partial charge in [-0.25, -0.2) is 14.6 Å². The number of aryl methyl sites for hydroxylation is 1. The van der Waals surface area contributed by atoms with Crippen LogP contribution in [0.4, 0.5) is 0 Å². The fraction of sp³-hybridized carbons (Fsp3) is 0.353. The van der Waals surface area contributed by atoms with E-state index in [0.29, 0.717) is 22.4 Å². The zero-order valence-electron chi connectivity index (χ0n) is 25.8. The predicted octanol–water partition coefficient (Wildman–Crippen LogP) is 2.64. The van der Waals surface area contributed by atoms with Crippen LogP contribution >= 0.6 is 0 Å². The van der Waals surface area contributed by atoms with Crippen molar-refractivity contribution in [3.05, 3.63) is 134 Å². The quantitative estimate of drug-likeness (QED) is 0.131. The number of nitrogens with zero attached hydrogens (tertiary/aromatic N) is 1. The largest absolute Gasteiger partial charge is 0.497 e. The summed E-state index contributed by atoms with van der Waals surface area (Å²) in [5.41, 5.74) is -5.42. The van der Waals surface area contributed by atoms with E-state index < -0.39 is 52.9 Å². The van der Waals surface area contributed by atoms with E-state index in [1.165, 1.54) is 25.0 Å². The van der Waals surface area contributed by atoms with Crippen LogP contribution in [0.3, 0.4) is 0 Å². The van der Waals surface area contributed by atoms with E-state index in [2.05, 4.69) is 4.98 Å². The van der Waals surface area contributed by atoms with Crippen molar-refractivity contribution in [1.82, 2.24) is 9.55 Å². The summed E-state index contributed by atoms with van der Waals surface area (Å²) in [5.74, 6) is 0.499. The molecule has 11 nitrogen and oxygen atoms in total. The zero-order valence-corrected chi connectivity index (χ0v) is 25.8. The number of nitrogens with one attached hydrogen (secondary N) is 1. The Morgan fingerprint density at radius 2 is 1.56 bits per heavy atom. The van der Waals surface area contributed by atoms with Crippen LogP contribution in [0.15, 0.2) is 101 Å². The summed E-state index contributed by atoms with van der Waals surface area (Å²) >= 11 is 0. The lowest BCUT2D eigenvalue weighted by atomic mass is 9.56. The van der Waals surface area contributed by atoms with Gasteiger partial charge in [0.2, 0.25) is 11.3 Å². The van der Waals surface area contributed by atoms with Crippen LogP contribution in [0.5, 0.6) is 5.75 Å². The summed E-state index contributed by atoms with van der Waals surface area (Å²) in [6.45, 7) is 2.54. The normalized spacial score (nSPS) is 24.0. The van der Waals surface area contributed by atoms with Crippen LogP contribution < -0.4 is 16.0 Å². The topological polar surface area (TPSA) is 141 Å². The molecule has 2 heterocycles. The van der Waals surface area contributed by atoms with Crippen LogP contribution in [-0.4, -0.2) is 71.6 Å². The summed E-state index contributed by atoms with van der Waals surface area (Å²) in [6.07, 6.45) is -2.67. The van der Waals surface area contributed by atoms with Gasteiger partial charge in [0.25, 0.3) is 5.56 Å². The van der Waals surface area contributed by atoms with Gasteiger partial charge in [-0.1, -0.05) is 72.8 Å². The molecule has 1 aromatic heterocycles. The lowest BCUT2D eigenvalue weighted by Gasteiger charge is -2.57. The maximum Gasteiger partial charge on any atom is 0.330 e. The molecular formula is C34H38N2O9. The Labute approximate surface area is 260 Å². The van der Waals surface area contributed by atoms with Gasteiger partial charge < -0.3 is 24.4 Å². The molecule has 3 aromatic carbocycles. The molecule has 4 aromatic rings. The molecule has 0 amide bonds. The highest BCUT2D eigenvalue weighted by atomic mass is 17.2. The molecule has 0 bridgehead atoms. The number of aliphatic hydroxyl groups excluding tert-OH is 2. The first-order valence-electron chi connectivity index (χ1n) is 14.5. The fourth-order valence-electron chi connectivity index (χ4n) is 6.92. The molecule has 5 atom stereocenters. The number of hydrogen-bond acceptors (Lipinski definition) is 9. The summed E-state index contributed by atoms with van der Waals surface area (Å²) in [5, 5.41) is 23.0. The standard InChI is InChI=1S/C34H38N2O9/c1-22-20-36(31(40)35-30(22)39)34(33(45-43-5,23(2)41-3)29(38)28(21-37)44-34)32(24-13-8-6-9-14-24,25-15-10-7-11-16-25)26-17-12-18-27(19-26)42-4/h6-20,23,28-29,37-38H,21H2,1-5H3,(H,35,39,40)/t23?,28-,29-,33-,34-/m1/s1. The number of ether oxygens (including phenoxy) is 3. The first-order chi connectivity index (χ1) is 21.7. The van der Waals surface area contributed by atoms with Gasteiger partial charge in [-0.15, -0.1) is 0 Å². The van der Waals surface area contributed by atoms with Crippen LogP contribution in [0.1, 0.15) is 29.2 Å². The lowest BCUT2D eigenvalue weighted by Crippen LogP contribution is -2.74. The van der Waals surface area contributed by atoms with Crippen molar-refractivity contribution in [2.75, 3.05) is 27.9 Å². The molecular weight excluding hydrogens is 580 g/mol. The monoisotopic (exact) mass is 618 g/mol. The maximum absolute atomic E-state index is 14.3. The molecule has 1 aliphatic heterocycles. The van der Waals surface area contributed by atoms with E-state index in [1.54, 1.807) is 33.1 Å².